The summed E-state index contributed by atoms with van der Waals surface area (Å²) in [6.07, 6.45) is 0. The Labute approximate surface area is 250 Å². The summed E-state index contributed by atoms with van der Waals surface area (Å²) in [5.74, 6) is 1.18. The van der Waals surface area contributed by atoms with Crippen molar-refractivity contribution in [3.05, 3.63) is 79.7 Å². The first-order valence-electron chi connectivity index (χ1n) is 11.1. The maximum Gasteiger partial charge on any atom is -0.0259 e. The number of aryl methyl sites for hydroxylation is 2. The van der Waals surface area contributed by atoms with E-state index in [9.17, 15) is 0 Å². The molecule has 4 aromatic rings. The van der Waals surface area contributed by atoms with Crippen LogP contribution in [0.25, 0.3) is 21.5 Å². The van der Waals surface area contributed by atoms with Crippen LogP contribution in [-0.2, 0) is 23.3 Å². The Bertz CT molecular complexity index is 1130. The van der Waals surface area contributed by atoms with Crippen molar-refractivity contribution in [2.24, 2.45) is 0 Å². The van der Waals surface area contributed by atoms with Gasteiger partial charge in [-0.1, -0.05) is 96.7 Å². The van der Waals surface area contributed by atoms with Crippen LogP contribution >= 0.6 is 31.9 Å². The minimum absolute atomic E-state index is 0. The molecule has 0 fully saturated rings. The quantitative estimate of drug-likeness (QED) is 0.214. The second-order valence-corrected chi connectivity index (χ2v) is 20.5. The molecule has 0 aliphatic heterocycles. The van der Waals surface area contributed by atoms with Gasteiger partial charge >= 0.3 is 41.9 Å². The van der Waals surface area contributed by atoms with Crippen molar-refractivity contribution < 1.29 is 48.1 Å². The Kier molecular flexibility index (Phi) is 15.7. The summed E-state index contributed by atoms with van der Waals surface area (Å²) in [5, 5.41) is 5.35. The van der Waals surface area contributed by atoms with Crippen LogP contribution in [-0.4, -0.2) is 5.43 Å². The van der Waals surface area contributed by atoms with Crippen LogP contribution in [0.15, 0.2) is 57.5 Å². The number of benzene rings is 2. The fourth-order valence-corrected chi connectivity index (χ4v) is 4.78. The first kappa shape index (κ1) is 34.3. The van der Waals surface area contributed by atoms with Crippen LogP contribution in [0.1, 0.15) is 61.8 Å². The number of hydrogen-bond donors (Lipinski definition) is 0. The van der Waals surface area contributed by atoms with Crippen LogP contribution in [0.2, 0.25) is 13.1 Å². The third-order valence-electron chi connectivity index (χ3n) is 5.21. The summed E-state index contributed by atoms with van der Waals surface area (Å²) < 4.78 is 2.43. The molecule has 0 heterocycles. The number of halogens is 4. The second-order valence-electron chi connectivity index (χ2n) is 9.39. The first-order valence-corrected chi connectivity index (χ1v) is 18.9. The molecule has 0 spiro atoms. The molecule has 0 nitrogen and oxygen atoms in total. The van der Waals surface area contributed by atoms with Crippen molar-refractivity contribution in [3.63, 3.8) is 0 Å². The van der Waals surface area contributed by atoms with Gasteiger partial charge in [-0.3, -0.25) is 0 Å². The van der Waals surface area contributed by atoms with Crippen LogP contribution in [0.5, 0.6) is 0 Å². The predicted molar refractivity (Wildman–Crippen MR) is 150 cm³/mol. The van der Waals surface area contributed by atoms with E-state index < -0.39 is 0 Å². The van der Waals surface area contributed by atoms with Gasteiger partial charge in [-0.05, 0) is 20.8 Å². The molecule has 0 bridgehead atoms. The second kappa shape index (κ2) is 15.5. The van der Waals surface area contributed by atoms with Gasteiger partial charge < -0.3 is 24.8 Å². The topological polar surface area (TPSA) is 0 Å². The Morgan fingerprint density at radius 3 is 1.24 bits per heavy atom. The van der Waals surface area contributed by atoms with Gasteiger partial charge in [-0.15, -0.1) is 56.9 Å². The predicted octanol–water partition coefficient (Wildman–Crippen LogP) is 4.30. The molecular weight excluding hydrogens is 686 g/mol. The first-order chi connectivity index (χ1) is 14.9. The van der Waals surface area contributed by atoms with Crippen molar-refractivity contribution in [3.8, 4) is 0 Å². The molecule has 0 radical (unpaired) electrons. The Hall–Kier alpha value is 0.300. The summed E-state index contributed by atoms with van der Waals surface area (Å²) in [7, 11) is 0. The zero-order valence-corrected chi connectivity index (χ0v) is 29.4. The molecule has 6 heteroatoms. The molecule has 0 saturated heterocycles. The van der Waals surface area contributed by atoms with Crippen molar-refractivity contribution in [1.82, 2.24) is 0 Å². The molecule has 0 atom stereocenters. The largest absolute Gasteiger partial charge is 1.00 e. The third kappa shape index (κ3) is 9.98. The van der Waals surface area contributed by atoms with Crippen molar-refractivity contribution >= 4 is 58.8 Å². The maximum atomic E-state index is 3.63. The van der Waals surface area contributed by atoms with Crippen molar-refractivity contribution in [2.45, 2.75) is 66.5 Å². The number of rotatable bonds is 2. The minimum atomic E-state index is 0. The molecule has 0 unspecified atom stereocenters. The van der Waals surface area contributed by atoms with Gasteiger partial charge in [0.2, 0.25) is 0 Å². The third-order valence-corrected chi connectivity index (χ3v) is 6.52. The molecule has 0 saturated carbocycles. The summed E-state index contributed by atoms with van der Waals surface area (Å²) in [6, 6.07) is 18.0. The van der Waals surface area contributed by atoms with Gasteiger partial charge in [0.25, 0.3) is 0 Å². The maximum absolute atomic E-state index is 3.63. The normalized spacial score (nSPS) is 10.3. The van der Waals surface area contributed by atoms with Crippen LogP contribution in [0.3, 0.4) is 0 Å². The summed E-state index contributed by atoms with van der Waals surface area (Å²) in [5.41, 5.74) is 5.68. The smallest absolute Gasteiger partial charge is 0.0259 e. The van der Waals surface area contributed by atoms with E-state index in [2.05, 4.69) is 135 Å². The van der Waals surface area contributed by atoms with E-state index >= 15 is 0 Å². The average Bonchev–Trinajstić information content (AvgIpc) is 3.23. The van der Waals surface area contributed by atoms with Gasteiger partial charge in [-0.25, -0.2) is 0 Å². The van der Waals surface area contributed by atoms with E-state index in [0.29, 0.717) is 11.8 Å². The number of fused-ring (bicyclic) bond motifs is 2. The molecule has 0 amide bonds. The molecule has 0 aromatic heterocycles. The monoisotopic (exact) mass is 716 g/mol. The SMILES string of the molecule is C[Si](C)=[Zr+2].Cc1cc2c(Br)cc(C(C)C)cc2[cH-]1.Cc1cc2c(Br)cc(C(C)C)cc2[cH-]1.[Cl-].[Cl-]. The Morgan fingerprint density at radius 1 is 0.676 bits per heavy atom. The fourth-order valence-electron chi connectivity index (χ4n) is 3.56. The molecule has 0 N–H and O–H groups in total. The molecule has 4 rings (SSSR count). The molecule has 4 aromatic carbocycles. The summed E-state index contributed by atoms with van der Waals surface area (Å²) in [4.78, 5) is 0. The van der Waals surface area contributed by atoms with Gasteiger partial charge in [0, 0.05) is 0 Å². The van der Waals surface area contributed by atoms with Gasteiger partial charge in [-0.2, -0.15) is 12.1 Å². The zero-order valence-electron chi connectivity index (χ0n) is 21.3. The van der Waals surface area contributed by atoms with Crippen LogP contribution in [0, 0.1) is 13.8 Å². The van der Waals surface area contributed by atoms with Gasteiger partial charge in [0.1, 0.15) is 0 Å². The van der Waals surface area contributed by atoms with Gasteiger partial charge in [0.15, 0.2) is 0 Å². The number of hydrogen-bond acceptors (Lipinski definition) is 0. The van der Waals surface area contributed by atoms with E-state index in [1.807, 2.05) is 0 Å². The van der Waals surface area contributed by atoms with Crippen molar-refractivity contribution in [2.75, 3.05) is 0 Å². The standard InChI is InChI=1S/2C13H14Br.C2H6Si.2ClH.Zr/c2*1-8(2)10-6-11-4-9(3)5-12(11)13(14)7-10;1-3-2;;;/h2*4-8H,1-3H3;1-2H3;2*1H;/q2*-1;;;;+2/p-2. The molecule has 184 valence electrons. The zero-order chi connectivity index (χ0) is 24.2. The molecule has 0 aliphatic carbocycles. The summed E-state index contributed by atoms with van der Waals surface area (Å²) in [6.45, 7) is 17.8. The fraction of sp³-hybridized carbons (Fsp3) is 0.357. The minimum Gasteiger partial charge on any atom is -1.00 e. The van der Waals surface area contributed by atoms with Crippen molar-refractivity contribution in [1.29, 1.82) is 0 Å². The molecule has 34 heavy (non-hydrogen) atoms. The average molecular weight is 721 g/mol. The Balaban J connectivity index is 0.000000528. The van der Waals surface area contributed by atoms with E-state index in [1.165, 1.54) is 52.7 Å². The van der Waals surface area contributed by atoms with E-state index in [4.69, 9.17) is 0 Å². The van der Waals surface area contributed by atoms with E-state index in [0.717, 1.165) is 0 Å². The summed E-state index contributed by atoms with van der Waals surface area (Å²) >= 11 is 9.00. The van der Waals surface area contributed by atoms with Crippen LogP contribution in [0.4, 0.5) is 0 Å². The Morgan fingerprint density at radius 2 is 0.971 bits per heavy atom. The van der Waals surface area contributed by atoms with E-state index in [1.54, 1.807) is 23.3 Å². The van der Waals surface area contributed by atoms with Gasteiger partial charge in [0.05, 0.1) is 0 Å². The van der Waals surface area contributed by atoms with Crippen LogP contribution < -0.4 is 24.8 Å². The molecular formula is C28H34Br2Cl2SiZr-2. The van der Waals surface area contributed by atoms with E-state index in [-0.39, 0.29) is 30.2 Å². The molecule has 0 aliphatic rings.